The molecule has 2 rings (SSSR count). The predicted octanol–water partition coefficient (Wildman–Crippen LogP) is 0.750. The summed E-state index contributed by atoms with van der Waals surface area (Å²) in [6.45, 7) is 2.79. The lowest BCUT2D eigenvalue weighted by atomic mass is 10.1. The third kappa shape index (κ3) is 2.55. The second kappa shape index (κ2) is 4.72. The highest BCUT2D eigenvalue weighted by Gasteiger charge is 2.34. The van der Waals surface area contributed by atoms with Gasteiger partial charge in [0, 0.05) is 26.1 Å². The van der Waals surface area contributed by atoms with Gasteiger partial charge in [-0.2, -0.15) is 0 Å². The van der Waals surface area contributed by atoms with Gasteiger partial charge in [-0.1, -0.05) is 0 Å². The number of carbonyl (C=O) groups excluding carboxylic acids is 1. The molecule has 16 heavy (non-hydrogen) atoms. The van der Waals surface area contributed by atoms with Crippen LogP contribution in [0.2, 0.25) is 0 Å². The highest BCUT2D eigenvalue weighted by atomic mass is 16.5. The summed E-state index contributed by atoms with van der Waals surface area (Å²) in [6.07, 6.45) is 3.99. The molecule has 1 heterocycles. The Morgan fingerprint density at radius 1 is 1.50 bits per heavy atom. The summed E-state index contributed by atoms with van der Waals surface area (Å²) >= 11 is 0. The molecule has 1 amide bonds. The molecule has 1 aliphatic carbocycles. The molecule has 0 aromatic heterocycles. The second-order valence-corrected chi connectivity index (χ2v) is 5.14. The monoisotopic (exact) mass is 226 g/mol. The van der Waals surface area contributed by atoms with E-state index in [0.29, 0.717) is 12.3 Å². The van der Waals surface area contributed by atoms with Crippen molar-refractivity contribution >= 4 is 5.91 Å². The van der Waals surface area contributed by atoms with Crippen LogP contribution in [0.1, 0.15) is 32.6 Å². The van der Waals surface area contributed by atoms with E-state index in [1.165, 1.54) is 12.8 Å². The first kappa shape index (κ1) is 11.9. The van der Waals surface area contributed by atoms with Crippen molar-refractivity contribution < 1.29 is 9.53 Å². The number of hydrogen-bond donors (Lipinski definition) is 1. The number of hydrogen-bond acceptors (Lipinski definition) is 3. The minimum absolute atomic E-state index is 0.0626. The minimum atomic E-state index is 0.0626. The van der Waals surface area contributed by atoms with Crippen molar-refractivity contribution in [1.82, 2.24) is 4.90 Å². The number of likely N-dealkylation sites (N-methyl/N-ethyl adjacent to an activating group) is 1. The highest BCUT2D eigenvalue weighted by Crippen LogP contribution is 2.33. The zero-order valence-corrected chi connectivity index (χ0v) is 10.2. The Hall–Kier alpha value is -0.610. The van der Waals surface area contributed by atoms with Crippen LogP contribution in [0.25, 0.3) is 0 Å². The van der Waals surface area contributed by atoms with Crippen molar-refractivity contribution in [2.24, 2.45) is 11.7 Å². The standard InChI is InChI=1S/C12H22N2O2/c1-8-11(5-6-16-8)14(2)12(15)7-10(13)9-3-4-9/h8-11H,3-7,13H2,1-2H3. The zero-order valence-electron chi connectivity index (χ0n) is 10.2. The van der Waals surface area contributed by atoms with Crippen molar-refractivity contribution in [3.05, 3.63) is 0 Å². The lowest BCUT2D eigenvalue weighted by Gasteiger charge is -2.27. The fourth-order valence-electron chi connectivity index (χ4n) is 2.45. The Balaban J connectivity index is 1.83. The van der Waals surface area contributed by atoms with Crippen molar-refractivity contribution in [2.75, 3.05) is 13.7 Å². The van der Waals surface area contributed by atoms with Gasteiger partial charge in [-0.25, -0.2) is 0 Å². The van der Waals surface area contributed by atoms with Gasteiger partial charge in [0.05, 0.1) is 12.1 Å². The van der Waals surface area contributed by atoms with E-state index in [1.54, 1.807) is 0 Å². The van der Waals surface area contributed by atoms with Gasteiger partial charge in [-0.15, -0.1) is 0 Å². The van der Waals surface area contributed by atoms with Crippen LogP contribution in [0.15, 0.2) is 0 Å². The van der Waals surface area contributed by atoms with E-state index in [4.69, 9.17) is 10.5 Å². The van der Waals surface area contributed by atoms with E-state index in [0.717, 1.165) is 13.0 Å². The molecule has 4 heteroatoms. The molecule has 0 bridgehead atoms. The van der Waals surface area contributed by atoms with Gasteiger partial charge in [0.2, 0.25) is 5.91 Å². The SMILES string of the molecule is CC1OCCC1N(C)C(=O)CC(N)C1CC1. The Labute approximate surface area is 97.1 Å². The summed E-state index contributed by atoms with van der Waals surface area (Å²) < 4.78 is 5.48. The van der Waals surface area contributed by atoms with Gasteiger partial charge in [0.25, 0.3) is 0 Å². The maximum Gasteiger partial charge on any atom is 0.224 e. The van der Waals surface area contributed by atoms with Crippen molar-refractivity contribution in [3.63, 3.8) is 0 Å². The Kier molecular flexibility index (Phi) is 3.50. The van der Waals surface area contributed by atoms with Crippen molar-refractivity contribution in [2.45, 2.75) is 50.8 Å². The van der Waals surface area contributed by atoms with Gasteiger partial charge in [0.15, 0.2) is 0 Å². The first-order valence-electron chi connectivity index (χ1n) is 6.22. The summed E-state index contributed by atoms with van der Waals surface area (Å²) in [5, 5.41) is 0. The van der Waals surface area contributed by atoms with Crippen LogP contribution in [0.5, 0.6) is 0 Å². The number of ether oxygens (including phenoxy) is 1. The molecular formula is C12H22N2O2. The topological polar surface area (TPSA) is 55.6 Å². The lowest BCUT2D eigenvalue weighted by Crippen LogP contribution is -2.43. The van der Waals surface area contributed by atoms with Gasteiger partial charge in [0.1, 0.15) is 0 Å². The molecule has 2 fully saturated rings. The summed E-state index contributed by atoms with van der Waals surface area (Å²) in [5.74, 6) is 0.761. The average Bonchev–Trinajstić information content (AvgIpc) is 3.01. The van der Waals surface area contributed by atoms with E-state index >= 15 is 0 Å². The summed E-state index contributed by atoms with van der Waals surface area (Å²) in [4.78, 5) is 13.8. The van der Waals surface area contributed by atoms with E-state index in [9.17, 15) is 4.79 Å². The molecule has 1 aliphatic heterocycles. The van der Waals surface area contributed by atoms with Crippen LogP contribution < -0.4 is 5.73 Å². The molecule has 3 atom stereocenters. The molecule has 1 saturated carbocycles. The maximum absolute atomic E-state index is 12.0. The second-order valence-electron chi connectivity index (χ2n) is 5.14. The summed E-state index contributed by atoms with van der Waals surface area (Å²) in [5.41, 5.74) is 5.97. The van der Waals surface area contributed by atoms with Crippen LogP contribution in [0, 0.1) is 5.92 Å². The molecule has 0 spiro atoms. The molecule has 4 nitrogen and oxygen atoms in total. The number of carbonyl (C=O) groups is 1. The van der Waals surface area contributed by atoms with Crippen LogP contribution in [-0.2, 0) is 9.53 Å². The largest absolute Gasteiger partial charge is 0.376 e. The first-order valence-corrected chi connectivity index (χ1v) is 6.22. The Morgan fingerprint density at radius 3 is 2.69 bits per heavy atom. The fraction of sp³-hybridized carbons (Fsp3) is 0.917. The van der Waals surface area contributed by atoms with Gasteiger partial charge >= 0.3 is 0 Å². The van der Waals surface area contributed by atoms with Crippen LogP contribution in [0.3, 0.4) is 0 Å². The van der Waals surface area contributed by atoms with Crippen LogP contribution in [0.4, 0.5) is 0 Å². The molecule has 0 aromatic rings. The molecule has 0 radical (unpaired) electrons. The predicted molar refractivity (Wildman–Crippen MR) is 61.9 cm³/mol. The Morgan fingerprint density at radius 2 is 2.19 bits per heavy atom. The highest BCUT2D eigenvalue weighted by molar-refractivity contribution is 5.77. The molecule has 1 saturated heterocycles. The molecule has 0 aromatic carbocycles. The van der Waals surface area contributed by atoms with E-state index in [2.05, 4.69) is 0 Å². The molecule has 2 aliphatic rings. The third-order valence-electron chi connectivity index (χ3n) is 3.86. The zero-order chi connectivity index (χ0) is 11.7. The molecule has 3 unspecified atom stereocenters. The van der Waals surface area contributed by atoms with Crippen LogP contribution in [-0.4, -0.2) is 42.6 Å². The van der Waals surface area contributed by atoms with Gasteiger partial charge in [-0.05, 0) is 32.1 Å². The lowest BCUT2D eigenvalue weighted by molar-refractivity contribution is -0.133. The number of nitrogens with two attached hydrogens (primary N) is 1. The van der Waals surface area contributed by atoms with E-state index in [-0.39, 0.29) is 24.1 Å². The van der Waals surface area contributed by atoms with Gasteiger partial charge in [-0.3, -0.25) is 4.79 Å². The average molecular weight is 226 g/mol. The third-order valence-corrected chi connectivity index (χ3v) is 3.86. The van der Waals surface area contributed by atoms with Gasteiger partial charge < -0.3 is 15.4 Å². The first-order chi connectivity index (χ1) is 7.59. The number of rotatable bonds is 4. The molecule has 2 N–H and O–H groups in total. The Bertz CT molecular complexity index is 266. The quantitative estimate of drug-likeness (QED) is 0.769. The molecule has 92 valence electrons. The maximum atomic E-state index is 12.0. The number of nitrogens with zero attached hydrogens (tertiary/aromatic N) is 1. The van der Waals surface area contributed by atoms with E-state index in [1.807, 2.05) is 18.9 Å². The summed E-state index contributed by atoms with van der Waals surface area (Å²) in [7, 11) is 1.87. The van der Waals surface area contributed by atoms with E-state index < -0.39 is 0 Å². The molecular weight excluding hydrogens is 204 g/mol. The summed E-state index contributed by atoms with van der Waals surface area (Å²) in [6, 6.07) is 0.298. The van der Waals surface area contributed by atoms with Crippen LogP contribution >= 0.6 is 0 Å². The number of amides is 1. The minimum Gasteiger partial charge on any atom is -0.376 e. The smallest absolute Gasteiger partial charge is 0.224 e. The fourth-order valence-corrected chi connectivity index (χ4v) is 2.45. The van der Waals surface area contributed by atoms with Crippen molar-refractivity contribution in [3.8, 4) is 0 Å². The normalized spacial score (nSPS) is 31.4. The van der Waals surface area contributed by atoms with Crippen molar-refractivity contribution in [1.29, 1.82) is 0 Å².